The van der Waals surface area contributed by atoms with E-state index < -0.39 is 0 Å². The lowest BCUT2D eigenvalue weighted by atomic mass is 9.99. The second kappa shape index (κ2) is 7.79. The highest BCUT2D eigenvalue weighted by atomic mass is 16.5. The van der Waals surface area contributed by atoms with Gasteiger partial charge in [0, 0.05) is 25.3 Å². The molecule has 0 spiro atoms. The molecule has 130 valence electrons. The molecule has 2 heterocycles. The topological polar surface area (TPSA) is 79.9 Å². The Morgan fingerprint density at radius 2 is 1.96 bits per heavy atom. The van der Waals surface area contributed by atoms with Gasteiger partial charge in [0.05, 0.1) is 30.4 Å². The van der Waals surface area contributed by atoms with Crippen molar-refractivity contribution in [1.82, 2.24) is 15.5 Å². The van der Waals surface area contributed by atoms with Gasteiger partial charge in [-0.1, -0.05) is 6.92 Å². The van der Waals surface area contributed by atoms with Crippen LogP contribution in [0.1, 0.15) is 34.1 Å². The summed E-state index contributed by atoms with van der Waals surface area (Å²) in [5.41, 5.74) is 1.17. The molecule has 2 aliphatic rings. The van der Waals surface area contributed by atoms with E-state index >= 15 is 0 Å². The average molecular weight is 325 g/mol. The van der Waals surface area contributed by atoms with Crippen LogP contribution in [-0.2, 0) is 14.3 Å². The first kappa shape index (κ1) is 17.7. The number of morpholine rings is 1. The predicted octanol–water partition coefficient (Wildman–Crippen LogP) is 1.00. The molecule has 0 aliphatic carbocycles. The molecule has 1 saturated heterocycles. The second-order valence-electron chi connectivity index (χ2n) is 6.12. The molecule has 7 heteroatoms. The van der Waals surface area contributed by atoms with Crippen LogP contribution in [0.2, 0.25) is 0 Å². The van der Waals surface area contributed by atoms with E-state index in [4.69, 9.17) is 9.47 Å². The number of carbonyl (C=O) groups excluding carboxylic acids is 2. The summed E-state index contributed by atoms with van der Waals surface area (Å²) in [5, 5.41) is 5.58. The van der Waals surface area contributed by atoms with Gasteiger partial charge in [0.2, 0.25) is 0 Å². The van der Waals surface area contributed by atoms with Gasteiger partial charge in [-0.05, 0) is 27.2 Å². The van der Waals surface area contributed by atoms with Gasteiger partial charge < -0.3 is 20.1 Å². The van der Waals surface area contributed by atoms with Crippen molar-refractivity contribution in [1.29, 1.82) is 0 Å². The normalized spacial score (nSPS) is 29.0. The maximum Gasteiger partial charge on any atom is 0.337 e. The first-order chi connectivity index (χ1) is 10.9. The number of esters is 1. The lowest BCUT2D eigenvalue weighted by Crippen LogP contribution is -2.54. The number of urea groups is 1. The molecule has 0 aromatic heterocycles. The van der Waals surface area contributed by atoms with Crippen LogP contribution in [0.3, 0.4) is 0 Å². The Morgan fingerprint density at radius 1 is 1.30 bits per heavy atom. The Bertz CT molecular complexity index is 482. The highest BCUT2D eigenvalue weighted by molar-refractivity contribution is 5.94. The molecule has 0 saturated carbocycles. The van der Waals surface area contributed by atoms with Gasteiger partial charge in [0.15, 0.2) is 0 Å². The molecule has 2 N–H and O–H groups in total. The van der Waals surface area contributed by atoms with Crippen LogP contribution < -0.4 is 10.6 Å². The summed E-state index contributed by atoms with van der Waals surface area (Å²) in [4.78, 5) is 26.4. The minimum atomic E-state index is -0.365. The molecular weight excluding hydrogens is 298 g/mol. The molecule has 0 radical (unpaired) electrons. The number of hydrogen-bond donors (Lipinski definition) is 2. The summed E-state index contributed by atoms with van der Waals surface area (Å²) in [6.45, 7) is 10.1. The summed E-state index contributed by atoms with van der Waals surface area (Å²) in [7, 11) is 0. The third-order valence-corrected chi connectivity index (χ3v) is 4.02. The monoisotopic (exact) mass is 325 g/mol. The summed E-state index contributed by atoms with van der Waals surface area (Å²) < 4.78 is 10.9. The number of nitrogens with one attached hydrogen (secondary N) is 2. The largest absolute Gasteiger partial charge is 0.463 e. The van der Waals surface area contributed by atoms with Gasteiger partial charge >= 0.3 is 12.0 Å². The molecule has 7 nitrogen and oxygen atoms in total. The number of hydrogen-bond acceptors (Lipinski definition) is 5. The average Bonchev–Trinajstić information content (AvgIpc) is 2.45. The number of ether oxygens (including phenoxy) is 2. The number of rotatable bonds is 5. The van der Waals surface area contributed by atoms with Crippen molar-refractivity contribution in [3.8, 4) is 0 Å². The fraction of sp³-hybridized carbons (Fsp3) is 0.750. The first-order valence-electron chi connectivity index (χ1n) is 8.30. The van der Waals surface area contributed by atoms with Crippen LogP contribution in [0.4, 0.5) is 4.79 Å². The van der Waals surface area contributed by atoms with Crippen molar-refractivity contribution in [3.05, 3.63) is 11.3 Å². The van der Waals surface area contributed by atoms with E-state index in [9.17, 15) is 9.59 Å². The van der Waals surface area contributed by atoms with Crippen molar-refractivity contribution < 1.29 is 19.1 Å². The molecule has 2 rings (SSSR count). The molecule has 23 heavy (non-hydrogen) atoms. The zero-order valence-electron chi connectivity index (χ0n) is 14.3. The summed E-state index contributed by atoms with van der Waals surface area (Å²) in [6.07, 6.45) is 0.899. The van der Waals surface area contributed by atoms with Crippen LogP contribution in [0.5, 0.6) is 0 Å². The maximum atomic E-state index is 12.3. The fourth-order valence-electron chi connectivity index (χ4n) is 3.22. The van der Waals surface area contributed by atoms with Gasteiger partial charge in [-0.25, -0.2) is 9.59 Å². The zero-order chi connectivity index (χ0) is 17.0. The highest BCUT2D eigenvalue weighted by Crippen LogP contribution is 2.19. The van der Waals surface area contributed by atoms with Crippen LogP contribution in [0.15, 0.2) is 11.3 Å². The van der Waals surface area contributed by atoms with Crippen LogP contribution in [0, 0.1) is 0 Å². The van der Waals surface area contributed by atoms with E-state index in [1.165, 1.54) is 0 Å². The zero-order valence-corrected chi connectivity index (χ0v) is 14.3. The standard InChI is InChI=1S/C16H27N3O4/c1-5-12-14(15(20)22-6-2)13(18-16(21)17-12)9-19-7-10(3)23-11(4)8-19/h10-12H,5-9H2,1-4H3,(H2,17,18,21)/t10-,11-,12+/m0/s1. The molecule has 0 bridgehead atoms. The SMILES string of the molecule is CCOC(=O)C1=C(CN2C[C@H](C)O[C@@H](C)C2)NC(=O)N[C@@H]1CC. The van der Waals surface area contributed by atoms with E-state index in [1.807, 2.05) is 20.8 Å². The molecule has 2 aliphatic heterocycles. The van der Waals surface area contributed by atoms with E-state index in [0.29, 0.717) is 30.8 Å². The van der Waals surface area contributed by atoms with Crippen LogP contribution in [0.25, 0.3) is 0 Å². The highest BCUT2D eigenvalue weighted by Gasteiger charge is 2.33. The second-order valence-corrected chi connectivity index (χ2v) is 6.12. The number of carbonyl (C=O) groups is 2. The predicted molar refractivity (Wildman–Crippen MR) is 85.9 cm³/mol. The molecule has 0 aromatic rings. The molecule has 0 aromatic carbocycles. The Hall–Kier alpha value is -1.60. The van der Waals surface area contributed by atoms with Gasteiger partial charge in [-0.3, -0.25) is 4.90 Å². The van der Waals surface area contributed by atoms with Crippen molar-refractivity contribution in [3.63, 3.8) is 0 Å². The molecule has 2 amide bonds. The molecule has 1 fully saturated rings. The van der Waals surface area contributed by atoms with E-state index in [1.54, 1.807) is 6.92 Å². The Kier molecular flexibility index (Phi) is 6.01. The minimum absolute atomic E-state index is 0.129. The lowest BCUT2D eigenvalue weighted by molar-refractivity contribution is -0.139. The summed E-state index contributed by atoms with van der Waals surface area (Å²) >= 11 is 0. The number of nitrogens with zero attached hydrogens (tertiary/aromatic N) is 1. The van der Waals surface area contributed by atoms with E-state index in [2.05, 4.69) is 15.5 Å². The fourth-order valence-corrected chi connectivity index (χ4v) is 3.22. The van der Waals surface area contributed by atoms with Gasteiger partial charge in [0.25, 0.3) is 0 Å². The maximum absolute atomic E-state index is 12.3. The number of amides is 2. The van der Waals surface area contributed by atoms with Crippen LogP contribution in [-0.4, -0.2) is 61.4 Å². The molecular formula is C16H27N3O4. The quantitative estimate of drug-likeness (QED) is 0.737. The smallest absolute Gasteiger partial charge is 0.337 e. The van der Waals surface area contributed by atoms with E-state index in [-0.39, 0.29) is 30.3 Å². The van der Waals surface area contributed by atoms with Crippen LogP contribution >= 0.6 is 0 Å². The van der Waals surface area contributed by atoms with E-state index in [0.717, 1.165) is 13.1 Å². The van der Waals surface area contributed by atoms with Crippen molar-refractivity contribution in [2.45, 2.75) is 52.4 Å². The minimum Gasteiger partial charge on any atom is -0.463 e. The Labute approximate surface area is 137 Å². The van der Waals surface area contributed by atoms with Gasteiger partial charge in [0.1, 0.15) is 0 Å². The lowest BCUT2D eigenvalue weighted by Gasteiger charge is -2.37. The van der Waals surface area contributed by atoms with Gasteiger partial charge in [-0.2, -0.15) is 0 Å². The third-order valence-electron chi connectivity index (χ3n) is 4.02. The third kappa shape index (κ3) is 4.45. The van der Waals surface area contributed by atoms with Crippen molar-refractivity contribution >= 4 is 12.0 Å². The van der Waals surface area contributed by atoms with Crippen molar-refractivity contribution in [2.24, 2.45) is 0 Å². The summed E-state index contributed by atoms with van der Waals surface area (Å²) in [6, 6.07) is -0.581. The Balaban J connectivity index is 2.24. The molecule has 0 unspecified atom stereocenters. The first-order valence-corrected chi connectivity index (χ1v) is 8.30. The summed E-state index contributed by atoms with van der Waals surface area (Å²) in [5.74, 6) is -0.365. The molecule has 3 atom stereocenters. The Morgan fingerprint density at radius 3 is 2.52 bits per heavy atom. The van der Waals surface area contributed by atoms with Gasteiger partial charge in [-0.15, -0.1) is 0 Å². The van der Waals surface area contributed by atoms with Crippen molar-refractivity contribution in [2.75, 3.05) is 26.2 Å².